The molecule has 4 aromatic rings. The lowest BCUT2D eigenvalue weighted by Crippen LogP contribution is -2.33. The van der Waals surface area contributed by atoms with Gasteiger partial charge in [0, 0.05) is 28.8 Å². The minimum absolute atomic E-state index is 0.159. The molecule has 1 amide bonds. The van der Waals surface area contributed by atoms with Crippen LogP contribution in [0.2, 0.25) is 5.02 Å². The van der Waals surface area contributed by atoms with E-state index in [1.807, 2.05) is 0 Å². The van der Waals surface area contributed by atoms with Gasteiger partial charge in [-0.25, -0.2) is 22.0 Å². The predicted molar refractivity (Wildman–Crippen MR) is 142 cm³/mol. The fourth-order valence-electron chi connectivity index (χ4n) is 4.43. The van der Waals surface area contributed by atoms with Gasteiger partial charge in [0.05, 0.1) is 16.8 Å². The van der Waals surface area contributed by atoms with Crippen molar-refractivity contribution in [2.24, 2.45) is 5.73 Å². The molecule has 0 aliphatic heterocycles. The molecule has 1 aliphatic carbocycles. The summed E-state index contributed by atoms with van der Waals surface area (Å²) < 4.78 is 44.0. The van der Waals surface area contributed by atoms with Crippen molar-refractivity contribution in [1.29, 1.82) is 0 Å². The molecule has 2 aromatic carbocycles. The summed E-state index contributed by atoms with van der Waals surface area (Å²) in [6.45, 7) is -0.184. The highest BCUT2D eigenvalue weighted by atomic mass is 35.5. The van der Waals surface area contributed by atoms with Gasteiger partial charge in [0.15, 0.2) is 0 Å². The SMILES string of the molecule is NC(=O)c1c(-c2ccc(Cl)cc2)nn2cc(CS(=O)(=O)NCc3ccc(B(O)O)c(F)c3)c(C3CC3)cc12. The smallest absolute Gasteiger partial charge is 0.423 e. The Balaban J connectivity index is 1.47. The Morgan fingerprint density at radius 3 is 2.50 bits per heavy atom. The zero-order chi connectivity index (χ0) is 27.2. The van der Waals surface area contributed by atoms with Gasteiger partial charge in [-0.15, -0.1) is 0 Å². The number of benzene rings is 2. The number of nitrogens with zero attached hydrogens (tertiary/aromatic N) is 2. The number of amides is 1. The third-order valence-electron chi connectivity index (χ3n) is 6.45. The van der Waals surface area contributed by atoms with Crippen LogP contribution in [0.1, 0.15) is 45.8 Å². The van der Waals surface area contributed by atoms with E-state index in [1.54, 1.807) is 36.5 Å². The van der Waals surface area contributed by atoms with Crippen molar-refractivity contribution in [3.63, 3.8) is 0 Å². The number of halogens is 2. The number of carbonyl (C=O) groups excluding carboxylic acids is 1. The van der Waals surface area contributed by atoms with E-state index in [1.165, 1.54) is 16.6 Å². The van der Waals surface area contributed by atoms with Crippen LogP contribution in [0.4, 0.5) is 4.39 Å². The zero-order valence-corrected chi connectivity index (χ0v) is 21.5. The molecule has 5 rings (SSSR count). The zero-order valence-electron chi connectivity index (χ0n) is 19.9. The van der Waals surface area contributed by atoms with Crippen LogP contribution in [0, 0.1) is 5.82 Å². The summed E-state index contributed by atoms with van der Waals surface area (Å²) in [6, 6.07) is 12.2. The summed E-state index contributed by atoms with van der Waals surface area (Å²) in [5.41, 5.74) is 8.81. The van der Waals surface area contributed by atoms with Crippen LogP contribution in [-0.4, -0.2) is 41.1 Å². The van der Waals surface area contributed by atoms with Crippen LogP contribution in [-0.2, 0) is 22.3 Å². The molecule has 0 spiro atoms. The monoisotopic (exact) mass is 556 g/mol. The molecular weight excluding hydrogens is 534 g/mol. The number of pyridine rings is 1. The van der Waals surface area contributed by atoms with E-state index >= 15 is 0 Å². The van der Waals surface area contributed by atoms with Crippen molar-refractivity contribution >= 4 is 45.6 Å². The topological polar surface area (TPSA) is 147 Å². The second-order valence-electron chi connectivity index (χ2n) is 9.26. The second kappa shape index (κ2) is 10.1. The van der Waals surface area contributed by atoms with Crippen LogP contribution in [0.5, 0.6) is 0 Å². The lowest BCUT2D eigenvalue weighted by molar-refractivity contribution is 0.100. The minimum atomic E-state index is -3.86. The number of nitrogens with two attached hydrogens (primary N) is 1. The highest BCUT2D eigenvalue weighted by Gasteiger charge is 2.30. The van der Waals surface area contributed by atoms with E-state index in [0.29, 0.717) is 32.9 Å². The summed E-state index contributed by atoms with van der Waals surface area (Å²) in [6.07, 6.45) is 3.39. The number of fused-ring (bicyclic) bond motifs is 1. The van der Waals surface area contributed by atoms with Gasteiger partial charge in [0.2, 0.25) is 10.0 Å². The van der Waals surface area contributed by atoms with Crippen molar-refractivity contribution in [1.82, 2.24) is 14.3 Å². The van der Waals surface area contributed by atoms with Crippen molar-refractivity contribution in [3.05, 3.63) is 87.8 Å². The van der Waals surface area contributed by atoms with Crippen LogP contribution in [0.3, 0.4) is 0 Å². The van der Waals surface area contributed by atoms with E-state index < -0.39 is 28.9 Å². The van der Waals surface area contributed by atoms with Crippen molar-refractivity contribution in [3.8, 4) is 11.3 Å². The maximum atomic E-state index is 14.1. The lowest BCUT2D eigenvalue weighted by atomic mass is 9.79. The Bertz CT molecular complexity index is 1660. The van der Waals surface area contributed by atoms with Gasteiger partial charge in [0.1, 0.15) is 11.5 Å². The predicted octanol–water partition coefficient (Wildman–Crippen LogP) is 2.07. The summed E-state index contributed by atoms with van der Waals surface area (Å²) >= 11 is 6.00. The first-order valence-electron chi connectivity index (χ1n) is 11.7. The third-order valence-corrected chi connectivity index (χ3v) is 7.98. The number of hydrogen-bond donors (Lipinski definition) is 4. The molecule has 13 heteroatoms. The van der Waals surface area contributed by atoms with Crippen molar-refractivity contribution in [2.75, 3.05) is 0 Å². The van der Waals surface area contributed by atoms with Crippen LogP contribution in [0.15, 0.2) is 54.7 Å². The van der Waals surface area contributed by atoms with Crippen molar-refractivity contribution < 1.29 is 27.7 Å². The highest BCUT2D eigenvalue weighted by molar-refractivity contribution is 7.88. The molecule has 2 aromatic heterocycles. The molecule has 2 heterocycles. The maximum Gasteiger partial charge on any atom is 0.491 e. The Labute approximate surface area is 223 Å². The number of hydrogen-bond acceptors (Lipinski definition) is 6. The molecule has 0 bridgehead atoms. The molecular formula is C25H23BClFN4O5S. The van der Waals surface area contributed by atoms with E-state index in [2.05, 4.69) is 9.82 Å². The third kappa shape index (κ3) is 5.45. The van der Waals surface area contributed by atoms with Crippen LogP contribution < -0.4 is 15.9 Å². The first-order valence-corrected chi connectivity index (χ1v) is 13.8. The van der Waals surface area contributed by atoms with Gasteiger partial charge in [0.25, 0.3) is 5.91 Å². The van der Waals surface area contributed by atoms with Gasteiger partial charge in [-0.3, -0.25) is 4.79 Å². The number of sulfonamides is 1. The average molecular weight is 557 g/mol. The van der Waals surface area contributed by atoms with Crippen LogP contribution in [0.25, 0.3) is 16.8 Å². The number of nitrogens with one attached hydrogen (secondary N) is 1. The molecule has 0 atom stereocenters. The fourth-order valence-corrected chi connectivity index (χ4v) is 5.70. The number of aromatic nitrogens is 2. The summed E-state index contributed by atoms with van der Waals surface area (Å²) in [5.74, 6) is -1.70. The van der Waals surface area contributed by atoms with Crippen LogP contribution >= 0.6 is 11.6 Å². The van der Waals surface area contributed by atoms with E-state index in [4.69, 9.17) is 27.4 Å². The first-order chi connectivity index (χ1) is 18.0. The van der Waals surface area contributed by atoms with E-state index in [0.717, 1.165) is 24.5 Å². The lowest BCUT2D eigenvalue weighted by Gasteiger charge is -2.12. The molecule has 1 fully saturated rings. The van der Waals surface area contributed by atoms with Gasteiger partial charge in [-0.2, -0.15) is 5.10 Å². The molecule has 196 valence electrons. The molecule has 5 N–H and O–H groups in total. The average Bonchev–Trinajstić information content (AvgIpc) is 3.62. The molecule has 0 saturated heterocycles. The number of carbonyl (C=O) groups is 1. The first kappa shape index (κ1) is 26.3. The van der Waals surface area contributed by atoms with Gasteiger partial charge in [-0.05, 0) is 59.7 Å². The van der Waals surface area contributed by atoms with Gasteiger partial charge >= 0.3 is 7.12 Å². The Morgan fingerprint density at radius 1 is 1.18 bits per heavy atom. The summed E-state index contributed by atoms with van der Waals surface area (Å²) in [7, 11) is -5.83. The normalized spacial score (nSPS) is 13.7. The largest absolute Gasteiger partial charge is 0.491 e. The molecule has 0 radical (unpaired) electrons. The molecule has 38 heavy (non-hydrogen) atoms. The molecule has 1 aliphatic rings. The maximum absolute atomic E-state index is 14.1. The fraction of sp³-hybridized carbons (Fsp3) is 0.200. The summed E-state index contributed by atoms with van der Waals surface area (Å²) in [4.78, 5) is 12.4. The standard InChI is InChI=1S/C25H23BClFN4O5S/c27-18-6-4-16(5-7-18)24-23(25(29)33)22-10-19(15-2-3-15)17(12-32(22)31-24)13-38(36,37)30-11-14-1-8-20(26(34)35)21(28)9-14/h1,4-10,12,15,30,34-35H,2-3,11,13H2,(H2,29,33). The second-order valence-corrected chi connectivity index (χ2v) is 11.5. The summed E-state index contributed by atoms with van der Waals surface area (Å²) in [5, 5.41) is 23.4. The van der Waals surface area contributed by atoms with Crippen molar-refractivity contribution in [2.45, 2.75) is 31.1 Å². The van der Waals surface area contributed by atoms with Gasteiger partial charge < -0.3 is 15.8 Å². The highest BCUT2D eigenvalue weighted by Crippen LogP contribution is 2.43. The van der Waals surface area contributed by atoms with Gasteiger partial charge in [-0.1, -0.05) is 35.9 Å². The Kier molecular flexibility index (Phi) is 7.01. The van der Waals surface area contributed by atoms with E-state index in [-0.39, 0.29) is 29.2 Å². The number of primary amides is 1. The molecule has 1 saturated carbocycles. The molecule has 0 unspecified atom stereocenters. The Morgan fingerprint density at radius 2 is 1.89 bits per heavy atom. The molecule has 9 nitrogen and oxygen atoms in total. The number of rotatable bonds is 9. The Hall–Kier alpha value is -3.29. The quantitative estimate of drug-likeness (QED) is 0.232. The minimum Gasteiger partial charge on any atom is -0.423 e. The van der Waals surface area contributed by atoms with E-state index in [9.17, 15) is 17.6 Å².